The van der Waals surface area contributed by atoms with Crippen molar-refractivity contribution in [2.45, 2.75) is 125 Å². The Bertz CT molecular complexity index is 1690. The van der Waals surface area contributed by atoms with E-state index in [4.69, 9.17) is 4.74 Å². The normalized spacial score (nSPS) is 24.2. The van der Waals surface area contributed by atoms with Crippen LogP contribution in [-0.2, 0) is 23.9 Å². The van der Waals surface area contributed by atoms with Crippen LogP contribution in [0.3, 0.4) is 0 Å². The minimum atomic E-state index is -0.588. The molecule has 0 aromatic carbocycles. The second-order valence-electron chi connectivity index (χ2n) is 15.7. The molecule has 0 saturated carbocycles. The first-order valence-electron chi connectivity index (χ1n) is 21.1. The van der Waals surface area contributed by atoms with Crippen LogP contribution < -0.4 is 21.3 Å². The molecule has 4 N–H and O–H groups in total. The quantitative estimate of drug-likeness (QED) is 0.136. The highest BCUT2D eigenvalue weighted by atomic mass is 32.2. The fourth-order valence-corrected chi connectivity index (χ4v) is 9.81. The number of hydrogen-bond donors (Lipinski definition) is 4. The highest BCUT2D eigenvalue weighted by molar-refractivity contribution is 8.00. The molecule has 0 radical (unpaired) electrons. The van der Waals surface area contributed by atoms with Gasteiger partial charge in [0.25, 0.3) is 5.91 Å². The summed E-state index contributed by atoms with van der Waals surface area (Å²) in [4.78, 5) is 78.0. The molecule has 2 aromatic rings. The molecule has 7 heterocycles. The minimum absolute atomic E-state index is 0.00798. The molecule has 314 valence electrons. The van der Waals surface area contributed by atoms with Gasteiger partial charge in [0.05, 0.1) is 12.1 Å². The van der Waals surface area contributed by atoms with Gasteiger partial charge in [0, 0.05) is 87.3 Å². The maximum absolute atomic E-state index is 13.2. The molecule has 16 heteroatoms. The van der Waals surface area contributed by atoms with E-state index in [1.807, 2.05) is 52.8 Å². The molecule has 7 rings (SSSR count). The summed E-state index contributed by atoms with van der Waals surface area (Å²) in [6.07, 6.45) is 18.2. The lowest BCUT2D eigenvalue weighted by Gasteiger charge is -2.28. The lowest BCUT2D eigenvalue weighted by Crippen LogP contribution is -2.50. The number of fused-ring (bicyclic) bond motifs is 1. The van der Waals surface area contributed by atoms with E-state index in [-0.39, 0.29) is 53.8 Å². The predicted octanol–water partition coefficient (Wildman–Crippen LogP) is 3.87. The standard InChI is InChI=1S/C29H44N6O4S.C13H15N3O2/c1-20(21-12-15-30-16-13-21)26(28(38)35-17-7-8-18-35)33-25(37)11-3-2-6-14-31-24(36)10-5-4-9-23-27-22(19-40-23)32-29(39)34-27;17-13(16-7-1-2-8-16)11-12(18-9-15-11)10-3-5-14-6-4-10/h12-13,15-16,20,22-23,26-27H,2-11,14,17-19H2,1H3,(H,31,36)(H,33,37)(H2,32,34,39);3-6,9,11-12H,1-2,7-8H2/t20-,22-,23-,26+,27-;11-,12+/m00/s1. The molecule has 5 aliphatic rings. The summed E-state index contributed by atoms with van der Waals surface area (Å²) in [5.41, 5.74) is 1.93. The van der Waals surface area contributed by atoms with Crippen LogP contribution in [0.15, 0.2) is 54.0 Å². The van der Waals surface area contributed by atoms with Crippen LogP contribution >= 0.6 is 11.8 Å². The Kier molecular flexibility index (Phi) is 16.2. The molecule has 6 amide bonds. The van der Waals surface area contributed by atoms with E-state index in [2.05, 4.69) is 36.2 Å². The van der Waals surface area contributed by atoms with Gasteiger partial charge in [-0.25, -0.2) is 9.79 Å². The van der Waals surface area contributed by atoms with E-state index >= 15 is 0 Å². The molecule has 4 fully saturated rings. The number of nitrogens with zero attached hydrogens (tertiary/aromatic N) is 5. The van der Waals surface area contributed by atoms with Gasteiger partial charge in [-0.05, 0) is 86.8 Å². The van der Waals surface area contributed by atoms with Crippen molar-refractivity contribution in [3.05, 3.63) is 60.2 Å². The van der Waals surface area contributed by atoms with Gasteiger partial charge in [-0.2, -0.15) is 11.8 Å². The van der Waals surface area contributed by atoms with Crippen molar-refractivity contribution in [3.63, 3.8) is 0 Å². The van der Waals surface area contributed by atoms with Gasteiger partial charge < -0.3 is 35.8 Å². The first kappa shape index (κ1) is 42.9. The second-order valence-corrected chi connectivity index (χ2v) is 17.0. The number of thioether (sulfide) groups is 1. The number of rotatable bonds is 17. The van der Waals surface area contributed by atoms with Crippen molar-refractivity contribution in [2.75, 3.05) is 38.5 Å². The maximum Gasteiger partial charge on any atom is 0.315 e. The Morgan fingerprint density at radius 3 is 2.22 bits per heavy atom. The summed E-state index contributed by atoms with van der Waals surface area (Å²) in [7, 11) is 0. The Balaban J connectivity index is 0.000000260. The molecule has 0 unspecified atom stereocenters. The van der Waals surface area contributed by atoms with E-state index < -0.39 is 12.1 Å². The van der Waals surface area contributed by atoms with Crippen LogP contribution in [0.4, 0.5) is 4.79 Å². The Labute approximate surface area is 345 Å². The number of hydrogen-bond acceptors (Lipinski definition) is 10. The van der Waals surface area contributed by atoms with Crippen molar-refractivity contribution >= 4 is 47.8 Å². The summed E-state index contributed by atoms with van der Waals surface area (Å²) in [5.74, 6) is 0.832. The monoisotopic (exact) mass is 817 g/mol. The average molecular weight is 818 g/mol. The molecular weight excluding hydrogens is 759 g/mol. The van der Waals surface area contributed by atoms with Gasteiger partial charge >= 0.3 is 6.03 Å². The highest BCUT2D eigenvalue weighted by Crippen LogP contribution is 2.33. The lowest BCUT2D eigenvalue weighted by molar-refractivity contribution is -0.136. The van der Waals surface area contributed by atoms with Gasteiger partial charge in [0.15, 0.2) is 18.5 Å². The Morgan fingerprint density at radius 2 is 1.50 bits per heavy atom. The number of aromatic nitrogens is 2. The summed E-state index contributed by atoms with van der Waals surface area (Å²) < 4.78 is 5.47. The van der Waals surface area contributed by atoms with Gasteiger partial charge in [0.1, 0.15) is 6.04 Å². The largest absolute Gasteiger partial charge is 0.473 e. The Hall–Kier alpha value is -4.73. The molecule has 2 aromatic heterocycles. The number of nitrogens with one attached hydrogen (secondary N) is 4. The number of aliphatic imine (C=N–C) groups is 1. The molecular formula is C42H59N9O6S. The van der Waals surface area contributed by atoms with Gasteiger partial charge in [0.2, 0.25) is 17.7 Å². The summed E-state index contributed by atoms with van der Waals surface area (Å²) in [6, 6.07) is 6.89. The fraction of sp³-hybridized carbons (Fsp3) is 0.619. The summed E-state index contributed by atoms with van der Waals surface area (Å²) in [5, 5.41) is 12.4. The van der Waals surface area contributed by atoms with E-state index in [1.165, 1.54) is 6.40 Å². The second kappa shape index (κ2) is 21.9. The fourth-order valence-electron chi connectivity index (χ4n) is 8.27. The smallest absolute Gasteiger partial charge is 0.315 e. The van der Waals surface area contributed by atoms with E-state index in [1.54, 1.807) is 24.8 Å². The minimum Gasteiger partial charge on any atom is -0.473 e. The van der Waals surface area contributed by atoms with Crippen LogP contribution in [0.2, 0.25) is 0 Å². The Morgan fingerprint density at radius 1 is 0.845 bits per heavy atom. The molecule has 4 saturated heterocycles. The zero-order valence-corrected chi connectivity index (χ0v) is 34.4. The third kappa shape index (κ3) is 11.9. The number of amides is 6. The first-order chi connectivity index (χ1) is 28.3. The maximum atomic E-state index is 13.2. The third-order valence-corrected chi connectivity index (χ3v) is 13.1. The van der Waals surface area contributed by atoms with E-state index in [0.29, 0.717) is 31.1 Å². The number of ether oxygens (including phenoxy) is 1. The van der Waals surface area contributed by atoms with Crippen molar-refractivity contribution in [1.29, 1.82) is 0 Å². The van der Waals surface area contributed by atoms with Crippen molar-refractivity contribution < 1.29 is 28.7 Å². The van der Waals surface area contributed by atoms with Crippen LogP contribution in [0, 0.1) is 0 Å². The molecule has 15 nitrogen and oxygen atoms in total. The highest BCUT2D eigenvalue weighted by Gasteiger charge is 2.42. The SMILES string of the molecule is C[C@@H](c1ccncc1)[C@@H](NC(=O)CCCCCNC(=O)CCCC[C@@H]1SC[C@@H]2NC(=O)N[C@@H]21)C(=O)N1CCCC1.O=C([C@H]1N=CO[C@@H]1c1ccncc1)N1CCCC1. The van der Waals surface area contributed by atoms with Crippen LogP contribution in [0.5, 0.6) is 0 Å². The third-order valence-electron chi connectivity index (χ3n) is 11.6. The number of carbonyl (C=O) groups excluding carboxylic acids is 5. The van der Waals surface area contributed by atoms with Crippen LogP contribution in [0.25, 0.3) is 0 Å². The molecule has 58 heavy (non-hydrogen) atoms. The van der Waals surface area contributed by atoms with E-state index in [0.717, 1.165) is 101 Å². The zero-order chi connectivity index (χ0) is 40.7. The average Bonchev–Trinajstić information content (AvgIpc) is 4.11. The van der Waals surface area contributed by atoms with Crippen LogP contribution in [-0.4, -0.2) is 124 Å². The van der Waals surface area contributed by atoms with E-state index in [9.17, 15) is 24.0 Å². The van der Waals surface area contributed by atoms with Gasteiger partial charge in [-0.3, -0.25) is 29.1 Å². The molecule has 0 aliphatic carbocycles. The number of urea groups is 1. The summed E-state index contributed by atoms with van der Waals surface area (Å²) >= 11 is 1.90. The van der Waals surface area contributed by atoms with Gasteiger partial charge in [-0.15, -0.1) is 0 Å². The first-order valence-corrected chi connectivity index (χ1v) is 22.1. The number of pyridine rings is 2. The van der Waals surface area contributed by atoms with Crippen LogP contribution in [0.1, 0.15) is 107 Å². The van der Waals surface area contributed by atoms with Crippen molar-refractivity contribution in [1.82, 2.24) is 41.0 Å². The lowest BCUT2D eigenvalue weighted by atomic mass is 9.92. The molecule has 0 spiro atoms. The van der Waals surface area contributed by atoms with Crippen molar-refractivity contribution in [3.8, 4) is 0 Å². The summed E-state index contributed by atoms with van der Waals surface area (Å²) in [6.45, 7) is 5.76. The number of unbranched alkanes of at least 4 members (excludes halogenated alkanes) is 3. The molecule has 5 aliphatic heterocycles. The molecule has 0 bridgehead atoms. The number of carbonyl (C=O) groups is 5. The predicted molar refractivity (Wildman–Crippen MR) is 222 cm³/mol. The number of likely N-dealkylation sites (tertiary alicyclic amines) is 2. The van der Waals surface area contributed by atoms with Gasteiger partial charge in [-0.1, -0.05) is 19.8 Å². The topological polar surface area (TPSA) is 187 Å². The zero-order valence-electron chi connectivity index (χ0n) is 33.6. The van der Waals surface area contributed by atoms with Crippen molar-refractivity contribution in [2.24, 2.45) is 4.99 Å². The molecule has 7 atom stereocenters.